The molecule has 1 saturated heterocycles. The summed E-state index contributed by atoms with van der Waals surface area (Å²) in [5.74, 6) is 0.551. The molecule has 0 radical (unpaired) electrons. The predicted octanol–water partition coefficient (Wildman–Crippen LogP) is 2.50. The number of carbonyl (C=O) groups excluding carboxylic acids is 1. The summed E-state index contributed by atoms with van der Waals surface area (Å²) in [6, 6.07) is 17.8. The van der Waals surface area contributed by atoms with Gasteiger partial charge in [0, 0.05) is 19.5 Å². The number of nitrogens with two attached hydrogens (primary N) is 1. The molecule has 0 unspecified atom stereocenters. The second-order valence-electron chi connectivity index (χ2n) is 6.13. The number of likely N-dealkylation sites (tertiary alicyclic amines) is 1. The zero-order valence-corrected chi connectivity index (χ0v) is 13.3. The lowest BCUT2D eigenvalue weighted by Gasteiger charge is -2.21. The monoisotopic (exact) mass is 310 g/mol. The molecule has 0 saturated carbocycles. The average Bonchev–Trinajstić information content (AvgIpc) is 2.91. The Labute approximate surface area is 136 Å². The van der Waals surface area contributed by atoms with Crippen LogP contribution in [0.2, 0.25) is 0 Å². The van der Waals surface area contributed by atoms with Crippen LogP contribution in [0.15, 0.2) is 54.6 Å². The largest absolute Gasteiger partial charge is 0.489 e. The summed E-state index contributed by atoms with van der Waals surface area (Å²) >= 11 is 0. The van der Waals surface area contributed by atoms with Gasteiger partial charge in [-0.2, -0.15) is 0 Å². The van der Waals surface area contributed by atoms with E-state index in [0.717, 1.165) is 5.75 Å². The molecule has 1 amide bonds. The second kappa shape index (κ2) is 6.84. The molecule has 2 atom stereocenters. The zero-order chi connectivity index (χ0) is 16.2. The summed E-state index contributed by atoms with van der Waals surface area (Å²) in [4.78, 5) is 13.9. The molecule has 1 heterocycles. The Morgan fingerprint density at radius 1 is 1.22 bits per heavy atom. The first-order chi connectivity index (χ1) is 11.1. The van der Waals surface area contributed by atoms with Crippen LogP contribution in [-0.4, -0.2) is 29.5 Å². The van der Waals surface area contributed by atoms with Gasteiger partial charge in [0.25, 0.3) is 0 Å². The minimum atomic E-state index is -0.281. The summed E-state index contributed by atoms with van der Waals surface area (Å²) in [7, 11) is 0. The van der Waals surface area contributed by atoms with Gasteiger partial charge in [-0.3, -0.25) is 9.69 Å². The quantitative estimate of drug-likeness (QED) is 0.923. The van der Waals surface area contributed by atoms with E-state index in [9.17, 15) is 4.79 Å². The Hall–Kier alpha value is -2.33. The number of aryl methyl sites for hydroxylation is 1. The number of benzene rings is 2. The molecule has 120 valence electrons. The third-order valence-corrected chi connectivity index (χ3v) is 4.21. The van der Waals surface area contributed by atoms with Crippen molar-refractivity contribution < 1.29 is 9.53 Å². The molecular formula is C19H22N2O2. The molecular weight excluding hydrogens is 288 g/mol. The molecule has 4 nitrogen and oxygen atoms in total. The molecule has 3 rings (SSSR count). The lowest BCUT2D eigenvalue weighted by molar-refractivity contribution is -0.122. The van der Waals surface area contributed by atoms with E-state index in [4.69, 9.17) is 10.5 Å². The molecule has 1 aliphatic rings. The number of carbonyl (C=O) groups is 1. The third kappa shape index (κ3) is 3.90. The molecule has 2 aromatic carbocycles. The van der Waals surface area contributed by atoms with Gasteiger partial charge in [-0.25, -0.2) is 0 Å². The minimum absolute atomic E-state index is 0.0142. The van der Waals surface area contributed by atoms with Crippen molar-refractivity contribution in [2.75, 3.05) is 6.54 Å². The zero-order valence-electron chi connectivity index (χ0n) is 13.3. The fraction of sp³-hybridized carbons (Fsp3) is 0.316. The van der Waals surface area contributed by atoms with E-state index in [0.29, 0.717) is 19.5 Å². The van der Waals surface area contributed by atoms with Crippen molar-refractivity contribution >= 4 is 5.91 Å². The van der Waals surface area contributed by atoms with Gasteiger partial charge in [-0.05, 0) is 24.6 Å². The van der Waals surface area contributed by atoms with Crippen LogP contribution in [-0.2, 0) is 11.3 Å². The van der Waals surface area contributed by atoms with Crippen LogP contribution in [0, 0.1) is 6.92 Å². The van der Waals surface area contributed by atoms with E-state index in [1.807, 2.05) is 36.4 Å². The maximum Gasteiger partial charge on any atom is 0.234 e. The molecule has 0 aromatic heterocycles. The first-order valence-corrected chi connectivity index (χ1v) is 7.92. The number of rotatable bonds is 5. The van der Waals surface area contributed by atoms with Gasteiger partial charge in [0.1, 0.15) is 11.9 Å². The number of primary amides is 1. The first kappa shape index (κ1) is 15.6. The number of nitrogens with zero attached hydrogens (tertiary/aromatic N) is 1. The Morgan fingerprint density at radius 3 is 2.70 bits per heavy atom. The highest BCUT2D eigenvalue weighted by atomic mass is 16.5. The molecule has 0 bridgehead atoms. The third-order valence-electron chi connectivity index (χ3n) is 4.21. The number of amides is 1. The van der Waals surface area contributed by atoms with Gasteiger partial charge in [0.2, 0.25) is 5.91 Å². The van der Waals surface area contributed by atoms with Crippen LogP contribution >= 0.6 is 0 Å². The number of ether oxygens (including phenoxy) is 1. The Bertz CT molecular complexity index is 672. The van der Waals surface area contributed by atoms with E-state index in [-0.39, 0.29) is 18.1 Å². The van der Waals surface area contributed by atoms with Gasteiger partial charge in [-0.1, -0.05) is 48.0 Å². The fourth-order valence-electron chi connectivity index (χ4n) is 3.15. The SMILES string of the molecule is Cc1cccc(CN2C[C@@H](Oc3ccccc3)C[C@H]2C(N)=O)c1. The standard InChI is InChI=1S/C19H22N2O2/c1-14-6-5-7-15(10-14)12-21-13-17(11-18(21)19(20)22)23-16-8-3-2-4-9-16/h2-10,17-18H,11-13H2,1H3,(H2,20,22)/t17-,18-/m0/s1. The first-order valence-electron chi connectivity index (χ1n) is 7.92. The van der Waals surface area contributed by atoms with E-state index in [1.165, 1.54) is 11.1 Å². The van der Waals surface area contributed by atoms with Gasteiger partial charge in [0.05, 0.1) is 6.04 Å². The smallest absolute Gasteiger partial charge is 0.234 e. The minimum Gasteiger partial charge on any atom is -0.489 e. The topological polar surface area (TPSA) is 55.6 Å². The van der Waals surface area contributed by atoms with Gasteiger partial charge in [0.15, 0.2) is 0 Å². The van der Waals surface area contributed by atoms with Crippen LogP contribution in [0.3, 0.4) is 0 Å². The maximum atomic E-state index is 11.8. The van der Waals surface area contributed by atoms with Crippen molar-refractivity contribution in [3.8, 4) is 5.75 Å². The molecule has 0 aliphatic carbocycles. The van der Waals surface area contributed by atoms with Gasteiger partial charge < -0.3 is 10.5 Å². The highest BCUT2D eigenvalue weighted by Crippen LogP contribution is 2.24. The van der Waals surface area contributed by atoms with Crippen LogP contribution in [0.4, 0.5) is 0 Å². The summed E-state index contributed by atoms with van der Waals surface area (Å²) in [6.07, 6.45) is 0.621. The van der Waals surface area contributed by atoms with Gasteiger partial charge >= 0.3 is 0 Å². The molecule has 1 aliphatic heterocycles. The van der Waals surface area contributed by atoms with Gasteiger partial charge in [-0.15, -0.1) is 0 Å². The maximum absolute atomic E-state index is 11.8. The lowest BCUT2D eigenvalue weighted by Crippen LogP contribution is -2.39. The molecule has 4 heteroatoms. The van der Waals surface area contributed by atoms with Crippen molar-refractivity contribution in [3.05, 3.63) is 65.7 Å². The van der Waals surface area contributed by atoms with Crippen molar-refractivity contribution in [2.45, 2.75) is 32.0 Å². The van der Waals surface area contributed by atoms with Crippen molar-refractivity contribution in [1.29, 1.82) is 0 Å². The van der Waals surface area contributed by atoms with Crippen molar-refractivity contribution in [2.24, 2.45) is 5.73 Å². The molecule has 2 N–H and O–H groups in total. The van der Waals surface area contributed by atoms with E-state index < -0.39 is 0 Å². The Morgan fingerprint density at radius 2 is 2.00 bits per heavy atom. The van der Waals surface area contributed by atoms with E-state index >= 15 is 0 Å². The highest BCUT2D eigenvalue weighted by Gasteiger charge is 2.36. The summed E-state index contributed by atoms with van der Waals surface area (Å²) in [5.41, 5.74) is 8.00. The van der Waals surface area contributed by atoms with E-state index in [2.05, 4.69) is 30.0 Å². The van der Waals surface area contributed by atoms with E-state index in [1.54, 1.807) is 0 Å². The number of para-hydroxylation sites is 1. The summed E-state index contributed by atoms with van der Waals surface area (Å²) < 4.78 is 6.00. The number of hydrogen-bond donors (Lipinski definition) is 1. The number of hydrogen-bond acceptors (Lipinski definition) is 3. The van der Waals surface area contributed by atoms with Crippen LogP contribution in [0.1, 0.15) is 17.5 Å². The van der Waals surface area contributed by atoms with Crippen LogP contribution in [0.5, 0.6) is 5.75 Å². The Balaban J connectivity index is 1.70. The summed E-state index contributed by atoms with van der Waals surface area (Å²) in [6.45, 7) is 3.49. The molecule has 23 heavy (non-hydrogen) atoms. The molecule has 1 fully saturated rings. The normalized spacial score (nSPS) is 21.3. The molecule has 2 aromatic rings. The fourth-order valence-corrected chi connectivity index (χ4v) is 3.15. The second-order valence-corrected chi connectivity index (χ2v) is 6.13. The Kier molecular flexibility index (Phi) is 4.63. The predicted molar refractivity (Wildman–Crippen MR) is 90.0 cm³/mol. The van der Waals surface area contributed by atoms with Crippen molar-refractivity contribution in [3.63, 3.8) is 0 Å². The summed E-state index contributed by atoms with van der Waals surface area (Å²) in [5, 5.41) is 0. The lowest BCUT2D eigenvalue weighted by atomic mass is 10.1. The highest BCUT2D eigenvalue weighted by molar-refractivity contribution is 5.80. The van der Waals surface area contributed by atoms with Crippen molar-refractivity contribution in [1.82, 2.24) is 4.90 Å². The average molecular weight is 310 g/mol. The van der Waals surface area contributed by atoms with Crippen LogP contribution < -0.4 is 10.5 Å². The molecule has 0 spiro atoms. The van der Waals surface area contributed by atoms with Crippen LogP contribution in [0.25, 0.3) is 0 Å².